The van der Waals surface area contributed by atoms with Gasteiger partial charge in [0.2, 0.25) is 11.8 Å². The molecular weight excluding hydrogens is 477 g/mol. The Morgan fingerprint density at radius 3 is 2.53 bits per heavy atom. The zero-order valence-corrected chi connectivity index (χ0v) is 19.3. The van der Waals surface area contributed by atoms with Crippen LogP contribution in [0.15, 0.2) is 46.2 Å². The summed E-state index contributed by atoms with van der Waals surface area (Å²) in [5.41, 5.74) is 0.0491. The van der Waals surface area contributed by atoms with E-state index in [4.69, 9.17) is 11.6 Å². The number of amides is 2. The van der Waals surface area contributed by atoms with Gasteiger partial charge in [-0.15, -0.1) is 11.8 Å². The minimum atomic E-state index is -4.12. The van der Waals surface area contributed by atoms with Crippen LogP contribution >= 0.6 is 23.4 Å². The maximum Gasteiger partial charge on any atom is 0.262 e. The lowest BCUT2D eigenvalue weighted by Crippen LogP contribution is -2.45. The highest BCUT2D eigenvalue weighted by molar-refractivity contribution is 8.01. The molecule has 2 heterocycles. The molecule has 0 aliphatic carbocycles. The van der Waals surface area contributed by atoms with Gasteiger partial charge in [0.05, 0.1) is 16.3 Å². The highest BCUT2D eigenvalue weighted by Crippen LogP contribution is 2.38. The van der Waals surface area contributed by atoms with Gasteiger partial charge in [-0.3, -0.25) is 14.3 Å². The number of fused-ring (bicyclic) bond motifs is 1. The van der Waals surface area contributed by atoms with Gasteiger partial charge >= 0.3 is 0 Å². The van der Waals surface area contributed by atoms with E-state index in [0.29, 0.717) is 23.7 Å². The average molecular weight is 498 g/mol. The number of thioether (sulfide) groups is 1. The van der Waals surface area contributed by atoms with E-state index in [-0.39, 0.29) is 21.5 Å². The van der Waals surface area contributed by atoms with E-state index >= 15 is 0 Å². The monoisotopic (exact) mass is 497 g/mol. The average Bonchev–Trinajstić information content (AvgIpc) is 3.04. The first-order valence-electron chi connectivity index (χ1n) is 10.1. The molecule has 1 saturated heterocycles. The van der Waals surface area contributed by atoms with Crippen molar-refractivity contribution in [3.63, 3.8) is 0 Å². The molecule has 7 nitrogen and oxygen atoms in total. The number of likely N-dealkylation sites (tertiary alicyclic amines) is 1. The van der Waals surface area contributed by atoms with Crippen molar-refractivity contribution >= 4 is 56.6 Å². The fourth-order valence-corrected chi connectivity index (χ4v) is 5.96. The number of halogens is 2. The van der Waals surface area contributed by atoms with E-state index in [1.165, 1.54) is 30.3 Å². The first-order valence-corrected chi connectivity index (χ1v) is 12.9. The van der Waals surface area contributed by atoms with Crippen LogP contribution in [0, 0.1) is 5.82 Å². The molecule has 11 heteroatoms. The molecule has 32 heavy (non-hydrogen) atoms. The summed E-state index contributed by atoms with van der Waals surface area (Å²) in [4.78, 5) is 27.7. The SMILES string of the molecule is O=C1Nc2cc(S(=O)(=O)Nc3ccc(Cl)cc3F)ccc2S[C@H]1C(=O)N1CCCCCC1. The van der Waals surface area contributed by atoms with Gasteiger partial charge in [0, 0.05) is 23.0 Å². The number of nitrogens with zero attached hydrogens (tertiary/aromatic N) is 1. The minimum absolute atomic E-state index is 0.142. The molecule has 170 valence electrons. The molecule has 0 radical (unpaired) electrons. The zero-order valence-electron chi connectivity index (χ0n) is 16.9. The smallest absolute Gasteiger partial charge is 0.262 e. The van der Waals surface area contributed by atoms with E-state index < -0.39 is 27.0 Å². The van der Waals surface area contributed by atoms with E-state index in [2.05, 4.69) is 10.0 Å². The second-order valence-corrected chi connectivity index (χ2v) is 10.9. The summed E-state index contributed by atoms with van der Waals surface area (Å²) in [7, 11) is -4.12. The number of benzene rings is 2. The van der Waals surface area contributed by atoms with Crippen LogP contribution < -0.4 is 10.0 Å². The molecule has 4 rings (SSSR count). The van der Waals surface area contributed by atoms with Gasteiger partial charge in [-0.05, 0) is 49.2 Å². The van der Waals surface area contributed by atoms with Gasteiger partial charge < -0.3 is 10.2 Å². The van der Waals surface area contributed by atoms with Crippen LogP contribution in [0.25, 0.3) is 0 Å². The minimum Gasteiger partial charge on any atom is -0.341 e. The van der Waals surface area contributed by atoms with Crippen molar-refractivity contribution in [2.45, 2.75) is 40.7 Å². The van der Waals surface area contributed by atoms with Crippen LogP contribution in [0.1, 0.15) is 25.7 Å². The van der Waals surface area contributed by atoms with Gasteiger partial charge in [-0.2, -0.15) is 0 Å². The molecule has 2 N–H and O–H groups in total. The Balaban J connectivity index is 1.53. The molecule has 0 aromatic heterocycles. The summed E-state index contributed by atoms with van der Waals surface area (Å²) in [6.07, 6.45) is 3.98. The molecule has 1 atom stereocenters. The predicted molar refractivity (Wildman–Crippen MR) is 122 cm³/mol. The number of anilines is 2. The first kappa shape index (κ1) is 22.9. The van der Waals surface area contributed by atoms with Crippen molar-refractivity contribution in [3.05, 3.63) is 47.2 Å². The molecule has 0 unspecified atom stereocenters. The van der Waals surface area contributed by atoms with E-state index in [1.54, 1.807) is 4.90 Å². The van der Waals surface area contributed by atoms with Crippen LogP contribution in [0.4, 0.5) is 15.8 Å². The Kier molecular flexibility index (Phi) is 6.64. The molecule has 2 amide bonds. The predicted octanol–water partition coefficient (Wildman–Crippen LogP) is 4.10. The van der Waals surface area contributed by atoms with Crippen LogP contribution in [0.5, 0.6) is 0 Å². The fraction of sp³-hybridized carbons (Fsp3) is 0.333. The maximum absolute atomic E-state index is 14.0. The quantitative estimate of drug-likeness (QED) is 0.620. The van der Waals surface area contributed by atoms with Crippen LogP contribution in [-0.2, 0) is 19.6 Å². The second kappa shape index (κ2) is 9.29. The molecule has 0 bridgehead atoms. The van der Waals surface area contributed by atoms with E-state index in [9.17, 15) is 22.4 Å². The third-order valence-electron chi connectivity index (χ3n) is 5.32. The number of nitrogens with one attached hydrogen (secondary N) is 2. The highest BCUT2D eigenvalue weighted by atomic mass is 35.5. The summed E-state index contributed by atoms with van der Waals surface area (Å²) in [5.74, 6) is -1.52. The third kappa shape index (κ3) is 4.87. The van der Waals surface area contributed by atoms with Crippen molar-refractivity contribution in [2.24, 2.45) is 0 Å². The Morgan fingerprint density at radius 2 is 1.84 bits per heavy atom. The van der Waals surface area contributed by atoms with Crippen molar-refractivity contribution < 1.29 is 22.4 Å². The molecule has 0 saturated carbocycles. The fourth-order valence-electron chi connectivity index (χ4n) is 3.65. The number of carbonyl (C=O) groups is 2. The van der Waals surface area contributed by atoms with Crippen molar-refractivity contribution in [1.29, 1.82) is 0 Å². The normalized spacial score (nSPS) is 19.0. The maximum atomic E-state index is 14.0. The summed E-state index contributed by atoms with van der Waals surface area (Å²) >= 11 is 6.81. The number of sulfonamides is 1. The van der Waals surface area contributed by atoms with Gasteiger partial charge in [0.1, 0.15) is 5.82 Å². The second-order valence-electron chi connectivity index (χ2n) is 7.61. The van der Waals surface area contributed by atoms with Crippen LogP contribution in [-0.4, -0.2) is 43.5 Å². The van der Waals surface area contributed by atoms with E-state index in [1.807, 2.05) is 0 Å². The molecule has 2 aliphatic heterocycles. The van der Waals surface area contributed by atoms with Gasteiger partial charge in [0.25, 0.3) is 10.0 Å². The number of carbonyl (C=O) groups excluding carboxylic acids is 2. The third-order valence-corrected chi connectivity index (χ3v) is 8.18. The first-order chi connectivity index (χ1) is 15.2. The van der Waals surface area contributed by atoms with Gasteiger partial charge in [0.15, 0.2) is 5.25 Å². The Bertz CT molecular complexity index is 1170. The summed E-state index contributed by atoms with van der Waals surface area (Å²) in [6, 6.07) is 7.79. The molecule has 2 aliphatic rings. The lowest BCUT2D eigenvalue weighted by Gasteiger charge is -2.28. The van der Waals surface area contributed by atoms with Crippen LogP contribution in [0.2, 0.25) is 5.02 Å². The zero-order chi connectivity index (χ0) is 22.9. The van der Waals surface area contributed by atoms with Gasteiger partial charge in [-0.1, -0.05) is 24.4 Å². The lowest BCUT2D eigenvalue weighted by molar-refractivity contribution is -0.133. The number of rotatable bonds is 4. The van der Waals surface area contributed by atoms with Crippen molar-refractivity contribution in [2.75, 3.05) is 23.1 Å². The standard InChI is InChI=1S/C21H21ClFN3O4S2/c22-13-5-7-16(15(23)11-13)25-32(29,30)14-6-8-18-17(12-14)24-20(27)19(31-18)21(28)26-9-3-1-2-4-10-26/h5-8,11-12,19,25H,1-4,9-10H2,(H,24,27)/t19-/m1/s1. The molecule has 1 fully saturated rings. The lowest BCUT2D eigenvalue weighted by atomic mass is 10.2. The Labute approximate surface area is 194 Å². The summed E-state index contributed by atoms with van der Waals surface area (Å²) in [6.45, 7) is 1.28. The largest absolute Gasteiger partial charge is 0.341 e. The number of hydrogen-bond acceptors (Lipinski definition) is 5. The molecule has 2 aromatic carbocycles. The van der Waals surface area contributed by atoms with E-state index in [0.717, 1.165) is 43.5 Å². The molecule has 0 spiro atoms. The van der Waals surface area contributed by atoms with Crippen LogP contribution in [0.3, 0.4) is 0 Å². The van der Waals surface area contributed by atoms with Crippen molar-refractivity contribution in [3.8, 4) is 0 Å². The van der Waals surface area contributed by atoms with Crippen molar-refractivity contribution in [1.82, 2.24) is 4.90 Å². The number of hydrogen-bond donors (Lipinski definition) is 2. The topological polar surface area (TPSA) is 95.6 Å². The molecular formula is C21H21ClFN3O4S2. The Hall–Kier alpha value is -2.30. The highest BCUT2D eigenvalue weighted by Gasteiger charge is 2.36. The molecule has 2 aromatic rings. The summed E-state index contributed by atoms with van der Waals surface area (Å²) in [5, 5.41) is 1.88. The Morgan fingerprint density at radius 1 is 1.12 bits per heavy atom. The summed E-state index contributed by atoms with van der Waals surface area (Å²) < 4.78 is 41.6. The van der Waals surface area contributed by atoms with Gasteiger partial charge in [-0.25, -0.2) is 12.8 Å².